The molecule has 1 saturated carbocycles. The standard InChI is InChI=1S/C26H26Cl2N4O/c1-14-8-18(10-19(27)9-14)25-24(26(25,5)33)17(4)31-20-6-7-22(28)21(11-20)16(3)32-23-13-29-15(2)12-30-23/h6-13,24-25,31,33H,3-4H2,1-2,5H3,(H,30,32). The first-order valence-electron chi connectivity index (χ1n) is 10.6. The van der Waals surface area contributed by atoms with Crippen molar-refractivity contribution in [3.05, 3.63) is 100 Å². The van der Waals surface area contributed by atoms with Crippen LogP contribution in [0.5, 0.6) is 0 Å². The zero-order chi connectivity index (χ0) is 23.9. The first-order valence-corrected chi connectivity index (χ1v) is 11.3. The molecule has 4 rings (SSSR count). The van der Waals surface area contributed by atoms with E-state index in [1.54, 1.807) is 18.5 Å². The van der Waals surface area contributed by atoms with Crippen molar-refractivity contribution in [2.45, 2.75) is 32.3 Å². The van der Waals surface area contributed by atoms with Gasteiger partial charge in [0.05, 0.1) is 28.7 Å². The lowest BCUT2D eigenvalue weighted by atomic mass is 10.0. The zero-order valence-electron chi connectivity index (χ0n) is 18.8. The van der Waals surface area contributed by atoms with Crippen LogP contribution in [0.3, 0.4) is 0 Å². The minimum absolute atomic E-state index is 0.0848. The Labute approximate surface area is 204 Å². The number of rotatable bonds is 7. The van der Waals surface area contributed by atoms with Crippen molar-refractivity contribution in [3.63, 3.8) is 0 Å². The largest absolute Gasteiger partial charge is 0.389 e. The monoisotopic (exact) mass is 480 g/mol. The van der Waals surface area contributed by atoms with Crippen molar-refractivity contribution in [1.29, 1.82) is 0 Å². The normalized spacial score (nSPS) is 21.4. The molecule has 3 unspecified atom stereocenters. The third-order valence-corrected chi connectivity index (χ3v) is 6.49. The van der Waals surface area contributed by atoms with Gasteiger partial charge in [-0.1, -0.05) is 42.4 Å². The minimum atomic E-state index is -0.911. The number of hydrogen-bond donors (Lipinski definition) is 3. The van der Waals surface area contributed by atoms with Crippen molar-refractivity contribution in [3.8, 4) is 0 Å². The molecule has 1 aliphatic rings. The molecule has 3 atom stereocenters. The number of nitrogens with one attached hydrogen (secondary N) is 2. The molecule has 1 aromatic heterocycles. The Kier molecular flexibility index (Phi) is 6.23. The maximum absolute atomic E-state index is 11.0. The number of hydrogen-bond acceptors (Lipinski definition) is 5. The molecule has 1 heterocycles. The summed E-state index contributed by atoms with van der Waals surface area (Å²) in [5, 5.41) is 18.7. The molecular weight excluding hydrogens is 455 g/mol. The average molecular weight is 481 g/mol. The van der Waals surface area contributed by atoms with E-state index in [0.29, 0.717) is 21.6 Å². The summed E-state index contributed by atoms with van der Waals surface area (Å²) in [5.74, 6) is 0.343. The fourth-order valence-electron chi connectivity index (χ4n) is 4.30. The lowest BCUT2D eigenvalue weighted by molar-refractivity contribution is 0.153. The lowest BCUT2D eigenvalue weighted by Crippen LogP contribution is -2.10. The maximum Gasteiger partial charge on any atom is 0.148 e. The molecule has 3 aromatic rings. The topological polar surface area (TPSA) is 70.1 Å². The summed E-state index contributed by atoms with van der Waals surface area (Å²) in [6.07, 6.45) is 3.32. The Balaban J connectivity index is 1.50. The van der Waals surface area contributed by atoms with Crippen LogP contribution >= 0.6 is 23.2 Å². The summed E-state index contributed by atoms with van der Waals surface area (Å²) in [6, 6.07) is 11.4. The number of anilines is 2. The molecule has 7 heteroatoms. The van der Waals surface area contributed by atoms with Gasteiger partial charge in [0, 0.05) is 39.5 Å². The molecular formula is C26H26Cl2N4O. The molecule has 0 saturated heterocycles. The van der Waals surface area contributed by atoms with Crippen molar-refractivity contribution in [2.75, 3.05) is 10.6 Å². The molecule has 0 bridgehead atoms. The second-order valence-corrected chi connectivity index (χ2v) is 9.58. The van der Waals surface area contributed by atoms with Crippen LogP contribution in [0, 0.1) is 19.8 Å². The SMILES string of the molecule is C=C(Nc1cnc(C)cn1)c1cc(NC(=C)C2C(c3cc(C)cc(Cl)c3)C2(C)O)ccc1Cl. The van der Waals surface area contributed by atoms with Crippen LogP contribution in [0.4, 0.5) is 11.5 Å². The van der Waals surface area contributed by atoms with Gasteiger partial charge >= 0.3 is 0 Å². The van der Waals surface area contributed by atoms with Crippen LogP contribution in [0.15, 0.2) is 67.6 Å². The first kappa shape index (κ1) is 23.3. The number of aliphatic hydroxyl groups is 1. The van der Waals surface area contributed by atoms with Crippen molar-refractivity contribution in [1.82, 2.24) is 9.97 Å². The summed E-state index contributed by atoms with van der Waals surface area (Å²) in [5.41, 5.74) is 4.82. The third kappa shape index (κ3) is 4.91. The number of halogens is 2. The maximum atomic E-state index is 11.0. The number of aryl methyl sites for hydroxylation is 2. The van der Waals surface area contributed by atoms with Crippen LogP contribution in [-0.4, -0.2) is 20.7 Å². The van der Waals surface area contributed by atoms with Crippen molar-refractivity contribution < 1.29 is 5.11 Å². The Hall–Kier alpha value is -2.86. The van der Waals surface area contributed by atoms with E-state index in [4.69, 9.17) is 23.2 Å². The van der Waals surface area contributed by atoms with Crippen LogP contribution in [-0.2, 0) is 0 Å². The van der Waals surface area contributed by atoms with Gasteiger partial charge < -0.3 is 15.7 Å². The highest BCUT2D eigenvalue weighted by Gasteiger charge is 2.62. The Morgan fingerprint density at radius 2 is 1.79 bits per heavy atom. The van der Waals surface area contributed by atoms with Crippen LogP contribution < -0.4 is 10.6 Å². The van der Waals surface area contributed by atoms with Gasteiger partial charge in [0.15, 0.2) is 0 Å². The van der Waals surface area contributed by atoms with Gasteiger partial charge in [0.2, 0.25) is 0 Å². The zero-order valence-corrected chi connectivity index (χ0v) is 20.3. The van der Waals surface area contributed by atoms with Gasteiger partial charge in [0.25, 0.3) is 0 Å². The van der Waals surface area contributed by atoms with E-state index in [-0.39, 0.29) is 11.8 Å². The van der Waals surface area contributed by atoms with E-state index >= 15 is 0 Å². The molecule has 0 spiro atoms. The summed E-state index contributed by atoms with van der Waals surface area (Å²) in [7, 11) is 0. The molecule has 0 radical (unpaired) electrons. The predicted octanol–water partition coefficient (Wildman–Crippen LogP) is 6.57. The second-order valence-electron chi connectivity index (χ2n) is 8.73. The summed E-state index contributed by atoms with van der Waals surface area (Å²) in [6.45, 7) is 14.0. The highest BCUT2D eigenvalue weighted by atomic mass is 35.5. The van der Waals surface area contributed by atoms with Gasteiger partial charge in [-0.2, -0.15) is 0 Å². The molecule has 1 fully saturated rings. The van der Waals surface area contributed by atoms with Crippen LogP contribution in [0.1, 0.15) is 35.2 Å². The van der Waals surface area contributed by atoms with E-state index in [1.807, 2.05) is 45.0 Å². The van der Waals surface area contributed by atoms with Gasteiger partial charge in [-0.25, -0.2) is 4.98 Å². The molecule has 2 aromatic carbocycles. The van der Waals surface area contributed by atoms with Gasteiger partial charge in [0.1, 0.15) is 5.82 Å². The van der Waals surface area contributed by atoms with E-state index in [1.165, 1.54) is 0 Å². The fraction of sp³-hybridized carbons (Fsp3) is 0.231. The predicted molar refractivity (Wildman–Crippen MR) is 137 cm³/mol. The lowest BCUT2D eigenvalue weighted by Gasteiger charge is -2.15. The first-order chi connectivity index (χ1) is 15.6. The van der Waals surface area contributed by atoms with Gasteiger partial charge in [-0.15, -0.1) is 0 Å². The molecule has 1 aliphatic carbocycles. The highest BCUT2D eigenvalue weighted by Crippen LogP contribution is 2.60. The average Bonchev–Trinajstić information content (AvgIpc) is 3.32. The second kappa shape index (κ2) is 8.82. The summed E-state index contributed by atoms with van der Waals surface area (Å²) < 4.78 is 0. The molecule has 0 aliphatic heterocycles. The van der Waals surface area contributed by atoms with E-state index in [2.05, 4.69) is 39.8 Å². The quantitative estimate of drug-likeness (QED) is 0.356. The van der Waals surface area contributed by atoms with Crippen molar-refractivity contribution >= 4 is 40.4 Å². The molecule has 170 valence electrons. The summed E-state index contributed by atoms with van der Waals surface area (Å²) in [4.78, 5) is 8.53. The Bertz CT molecular complexity index is 1220. The molecule has 0 amide bonds. The van der Waals surface area contributed by atoms with E-state index < -0.39 is 5.60 Å². The van der Waals surface area contributed by atoms with Crippen molar-refractivity contribution in [2.24, 2.45) is 5.92 Å². The Morgan fingerprint density at radius 3 is 2.45 bits per heavy atom. The number of nitrogens with zero attached hydrogens (tertiary/aromatic N) is 2. The molecule has 33 heavy (non-hydrogen) atoms. The van der Waals surface area contributed by atoms with Gasteiger partial charge in [-0.05, 0) is 62.2 Å². The summed E-state index contributed by atoms with van der Waals surface area (Å²) >= 11 is 12.7. The van der Waals surface area contributed by atoms with Crippen LogP contribution in [0.2, 0.25) is 10.0 Å². The van der Waals surface area contributed by atoms with E-state index in [0.717, 1.165) is 33.8 Å². The minimum Gasteiger partial charge on any atom is -0.389 e. The molecule has 3 N–H and O–H groups in total. The van der Waals surface area contributed by atoms with Crippen LogP contribution in [0.25, 0.3) is 5.70 Å². The fourth-order valence-corrected chi connectivity index (χ4v) is 4.83. The molecule has 5 nitrogen and oxygen atoms in total. The highest BCUT2D eigenvalue weighted by molar-refractivity contribution is 6.32. The smallest absolute Gasteiger partial charge is 0.148 e. The Morgan fingerprint density at radius 1 is 1.03 bits per heavy atom. The van der Waals surface area contributed by atoms with Gasteiger partial charge in [-0.3, -0.25) is 4.98 Å². The van der Waals surface area contributed by atoms with E-state index in [9.17, 15) is 5.11 Å². The number of aromatic nitrogens is 2. The number of benzene rings is 2. The third-order valence-electron chi connectivity index (χ3n) is 5.94.